The lowest BCUT2D eigenvalue weighted by molar-refractivity contribution is -0.113. The summed E-state index contributed by atoms with van der Waals surface area (Å²) in [4.78, 5) is 20.7. The number of benzene rings is 2. The number of anilines is 1. The maximum atomic E-state index is 12.2. The zero-order valence-electron chi connectivity index (χ0n) is 16.2. The molecule has 0 saturated carbocycles. The number of hydrogen-bond donors (Lipinski definition) is 2. The first kappa shape index (κ1) is 19.7. The molecule has 0 aliphatic heterocycles. The fourth-order valence-corrected chi connectivity index (χ4v) is 3.29. The van der Waals surface area contributed by atoms with Gasteiger partial charge >= 0.3 is 0 Å². The van der Waals surface area contributed by atoms with Gasteiger partial charge in [0.25, 0.3) is 0 Å². The van der Waals surface area contributed by atoms with Crippen LogP contribution in [0.1, 0.15) is 5.56 Å². The maximum absolute atomic E-state index is 12.2. The molecule has 0 aliphatic carbocycles. The van der Waals surface area contributed by atoms with Crippen LogP contribution >= 0.6 is 11.8 Å². The summed E-state index contributed by atoms with van der Waals surface area (Å²) < 4.78 is 5.82. The highest BCUT2D eigenvalue weighted by Crippen LogP contribution is 2.24. The standard InChI is InChI=1S/C22H19N5O2S/c1-15-4-2-6-19(12-15)29-18-9-7-17(8-10-18)24-20(28)14-30-22-25-21(26-27-22)16-5-3-11-23-13-16/h2-13H,14H2,1H3,(H,24,28)(H,25,26,27). The number of hydrogen-bond acceptors (Lipinski definition) is 6. The fourth-order valence-electron chi connectivity index (χ4n) is 2.69. The molecule has 4 rings (SSSR count). The van der Waals surface area contributed by atoms with E-state index >= 15 is 0 Å². The molecule has 7 nitrogen and oxygen atoms in total. The van der Waals surface area contributed by atoms with E-state index in [0.29, 0.717) is 22.4 Å². The van der Waals surface area contributed by atoms with E-state index in [0.717, 1.165) is 16.9 Å². The number of aryl methyl sites for hydroxylation is 1. The summed E-state index contributed by atoms with van der Waals surface area (Å²) >= 11 is 1.26. The summed E-state index contributed by atoms with van der Waals surface area (Å²) in [5.74, 6) is 2.17. The van der Waals surface area contributed by atoms with E-state index in [1.807, 2.05) is 55.5 Å². The number of carbonyl (C=O) groups excluding carboxylic acids is 1. The number of nitrogens with zero attached hydrogens (tertiary/aromatic N) is 3. The van der Waals surface area contributed by atoms with Crippen molar-refractivity contribution in [3.05, 3.63) is 78.6 Å². The van der Waals surface area contributed by atoms with Crippen LogP contribution in [-0.2, 0) is 4.79 Å². The molecule has 1 amide bonds. The van der Waals surface area contributed by atoms with Crippen LogP contribution in [0.25, 0.3) is 11.4 Å². The van der Waals surface area contributed by atoms with Crippen LogP contribution in [0.3, 0.4) is 0 Å². The molecule has 0 saturated heterocycles. The topological polar surface area (TPSA) is 92.8 Å². The highest BCUT2D eigenvalue weighted by atomic mass is 32.2. The van der Waals surface area contributed by atoms with Crippen molar-refractivity contribution >= 4 is 23.4 Å². The molecule has 150 valence electrons. The predicted molar refractivity (Wildman–Crippen MR) is 117 cm³/mol. The van der Waals surface area contributed by atoms with Crippen LogP contribution in [0.4, 0.5) is 5.69 Å². The number of amides is 1. The lowest BCUT2D eigenvalue weighted by Crippen LogP contribution is -2.14. The average Bonchev–Trinajstić information content (AvgIpc) is 3.24. The van der Waals surface area contributed by atoms with Gasteiger partial charge in [0.1, 0.15) is 11.5 Å². The Morgan fingerprint density at radius 3 is 2.73 bits per heavy atom. The van der Waals surface area contributed by atoms with Crippen molar-refractivity contribution in [2.45, 2.75) is 12.1 Å². The first-order valence-corrected chi connectivity index (χ1v) is 10.2. The zero-order valence-corrected chi connectivity index (χ0v) is 17.0. The Bertz CT molecular complexity index is 1130. The summed E-state index contributed by atoms with van der Waals surface area (Å²) in [6.45, 7) is 2.02. The summed E-state index contributed by atoms with van der Waals surface area (Å²) in [5, 5.41) is 10.4. The Kier molecular flexibility index (Phi) is 6.05. The van der Waals surface area contributed by atoms with Gasteiger partial charge in [0.15, 0.2) is 5.82 Å². The molecule has 2 aromatic carbocycles. The number of aromatic amines is 1. The van der Waals surface area contributed by atoms with E-state index in [1.165, 1.54) is 11.8 Å². The van der Waals surface area contributed by atoms with E-state index in [9.17, 15) is 4.79 Å². The second-order valence-corrected chi connectivity index (χ2v) is 7.43. The number of nitrogens with one attached hydrogen (secondary N) is 2. The molecular weight excluding hydrogens is 398 g/mol. The highest BCUT2D eigenvalue weighted by molar-refractivity contribution is 7.99. The van der Waals surface area contributed by atoms with Gasteiger partial charge in [-0.2, -0.15) is 0 Å². The maximum Gasteiger partial charge on any atom is 0.234 e. The van der Waals surface area contributed by atoms with E-state index in [2.05, 4.69) is 25.5 Å². The van der Waals surface area contributed by atoms with Crippen LogP contribution in [0, 0.1) is 6.92 Å². The monoisotopic (exact) mass is 417 g/mol. The quantitative estimate of drug-likeness (QED) is 0.424. The number of H-pyrrole nitrogens is 1. The third-order valence-corrected chi connectivity index (χ3v) is 4.94. The van der Waals surface area contributed by atoms with Crippen LogP contribution in [0.2, 0.25) is 0 Å². The lowest BCUT2D eigenvalue weighted by atomic mass is 10.2. The third kappa shape index (κ3) is 5.24. The molecule has 0 unspecified atom stereocenters. The molecule has 0 fully saturated rings. The minimum absolute atomic E-state index is 0.139. The van der Waals surface area contributed by atoms with Crippen molar-refractivity contribution in [1.29, 1.82) is 0 Å². The largest absolute Gasteiger partial charge is 0.457 e. The molecule has 8 heteroatoms. The Morgan fingerprint density at radius 2 is 1.97 bits per heavy atom. The lowest BCUT2D eigenvalue weighted by Gasteiger charge is -2.08. The highest BCUT2D eigenvalue weighted by Gasteiger charge is 2.09. The van der Waals surface area contributed by atoms with Crippen molar-refractivity contribution in [1.82, 2.24) is 20.2 Å². The van der Waals surface area contributed by atoms with Gasteiger partial charge in [-0.05, 0) is 61.0 Å². The summed E-state index contributed by atoms with van der Waals surface area (Å²) in [6, 6.07) is 18.8. The molecule has 0 aliphatic rings. The molecule has 30 heavy (non-hydrogen) atoms. The molecule has 0 radical (unpaired) electrons. The van der Waals surface area contributed by atoms with E-state index in [4.69, 9.17) is 4.74 Å². The Balaban J connectivity index is 1.28. The molecule has 2 N–H and O–H groups in total. The van der Waals surface area contributed by atoms with E-state index in [-0.39, 0.29) is 11.7 Å². The molecule has 0 spiro atoms. The molecule has 0 bridgehead atoms. The van der Waals surface area contributed by atoms with Gasteiger partial charge in [0.05, 0.1) is 5.75 Å². The van der Waals surface area contributed by atoms with Gasteiger partial charge in [0, 0.05) is 23.6 Å². The summed E-state index contributed by atoms with van der Waals surface area (Å²) in [7, 11) is 0. The van der Waals surface area contributed by atoms with Crippen LogP contribution in [0.15, 0.2) is 78.2 Å². The second-order valence-electron chi connectivity index (χ2n) is 6.49. The predicted octanol–water partition coefficient (Wildman–Crippen LogP) is 4.70. The number of ether oxygens (including phenoxy) is 1. The SMILES string of the molecule is Cc1cccc(Oc2ccc(NC(=O)CSc3n[nH]c(-c4cccnc4)n3)cc2)c1. The smallest absolute Gasteiger partial charge is 0.234 e. The van der Waals surface area contributed by atoms with Crippen LogP contribution in [0.5, 0.6) is 11.5 Å². The molecule has 2 aromatic heterocycles. The first-order chi connectivity index (χ1) is 14.7. The van der Waals surface area contributed by atoms with Crippen molar-refractivity contribution < 1.29 is 9.53 Å². The number of aromatic nitrogens is 4. The molecule has 4 aromatic rings. The summed E-state index contributed by atoms with van der Waals surface area (Å²) in [6.07, 6.45) is 3.40. The number of thioether (sulfide) groups is 1. The Morgan fingerprint density at radius 1 is 1.10 bits per heavy atom. The molecular formula is C22H19N5O2S. The zero-order chi connectivity index (χ0) is 20.8. The van der Waals surface area contributed by atoms with Crippen molar-refractivity contribution in [3.63, 3.8) is 0 Å². The first-order valence-electron chi connectivity index (χ1n) is 9.26. The number of rotatable bonds is 7. The van der Waals surface area contributed by atoms with Gasteiger partial charge < -0.3 is 10.1 Å². The van der Waals surface area contributed by atoms with Gasteiger partial charge in [0.2, 0.25) is 11.1 Å². The van der Waals surface area contributed by atoms with Gasteiger partial charge in [-0.15, -0.1) is 5.10 Å². The average molecular weight is 417 g/mol. The number of carbonyl (C=O) groups is 1. The normalized spacial score (nSPS) is 10.6. The van der Waals surface area contributed by atoms with Gasteiger partial charge in [-0.25, -0.2) is 4.98 Å². The Labute approximate surface area is 177 Å². The van der Waals surface area contributed by atoms with Crippen molar-refractivity contribution in [2.75, 3.05) is 11.1 Å². The van der Waals surface area contributed by atoms with Crippen molar-refractivity contribution in [3.8, 4) is 22.9 Å². The van der Waals surface area contributed by atoms with Gasteiger partial charge in [-0.3, -0.25) is 14.9 Å². The van der Waals surface area contributed by atoms with Crippen LogP contribution in [-0.4, -0.2) is 31.8 Å². The minimum Gasteiger partial charge on any atom is -0.457 e. The van der Waals surface area contributed by atoms with Gasteiger partial charge in [-0.1, -0.05) is 23.9 Å². The fraction of sp³-hybridized carbons (Fsp3) is 0.0909. The third-order valence-electron chi connectivity index (χ3n) is 4.10. The number of pyridine rings is 1. The Hall–Kier alpha value is -3.65. The second kappa shape index (κ2) is 9.23. The summed E-state index contributed by atoms with van der Waals surface area (Å²) in [5.41, 5.74) is 2.67. The molecule has 0 atom stereocenters. The molecule has 2 heterocycles. The van der Waals surface area contributed by atoms with Crippen molar-refractivity contribution in [2.24, 2.45) is 0 Å². The minimum atomic E-state index is -0.139. The van der Waals surface area contributed by atoms with Crippen LogP contribution < -0.4 is 10.1 Å². The van der Waals surface area contributed by atoms with E-state index < -0.39 is 0 Å². The van der Waals surface area contributed by atoms with E-state index in [1.54, 1.807) is 24.5 Å².